The van der Waals surface area contributed by atoms with Gasteiger partial charge in [-0.15, -0.1) is 0 Å². The van der Waals surface area contributed by atoms with Crippen molar-refractivity contribution < 1.29 is 34.2 Å². The minimum absolute atomic E-state index is 0.102. The van der Waals surface area contributed by atoms with Gasteiger partial charge in [-0.1, -0.05) is 25.9 Å². The van der Waals surface area contributed by atoms with Gasteiger partial charge in [-0.05, 0) is 91.0 Å². The number of hydrogen-bond acceptors (Lipinski definition) is 7. The van der Waals surface area contributed by atoms with Crippen LogP contribution in [0.5, 0.6) is 5.75 Å². The molecule has 1 heterocycles. The first-order valence-corrected chi connectivity index (χ1v) is 13.5. The molecule has 1 aliphatic carbocycles. The van der Waals surface area contributed by atoms with E-state index in [0.717, 1.165) is 31.2 Å². The molecule has 11 heteroatoms. The standard InChI is InChI=1S/C30H36N4O7/c1-29(2,3)21-8-4-17(5-9-21)19-12-20(24-15-30(27(38)39,41-34-24)16-25(35)36)14-23(13-19)40-26(37)18-6-10-22(11-7-18)33-28(31)32/h6-7,10-14,17,21H,4-5,8-9,15-16H2,1-3H3,(H,35,36)(H,38,39)(H4,31,32,33). The summed E-state index contributed by atoms with van der Waals surface area (Å²) in [6.07, 6.45) is 3.02. The normalized spacial score (nSPS) is 22.3. The van der Waals surface area contributed by atoms with Gasteiger partial charge in [0.05, 0.1) is 23.4 Å². The van der Waals surface area contributed by atoms with Crippen LogP contribution in [0.3, 0.4) is 0 Å². The van der Waals surface area contributed by atoms with E-state index in [9.17, 15) is 24.6 Å². The quantitative estimate of drug-likeness (QED) is 0.154. The number of benzene rings is 2. The monoisotopic (exact) mass is 564 g/mol. The summed E-state index contributed by atoms with van der Waals surface area (Å²) in [6, 6.07) is 11.6. The Bertz CT molecular complexity index is 1380. The molecule has 1 saturated carbocycles. The van der Waals surface area contributed by atoms with Crippen LogP contribution < -0.4 is 16.2 Å². The highest BCUT2D eigenvalue weighted by Gasteiger charge is 2.49. The molecule has 1 fully saturated rings. The first-order chi connectivity index (χ1) is 19.3. The lowest BCUT2D eigenvalue weighted by Crippen LogP contribution is -2.41. The maximum absolute atomic E-state index is 13.0. The molecule has 0 bridgehead atoms. The maximum atomic E-state index is 13.0. The van der Waals surface area contributed by atoms with Crippen LogP contribution in [0.1, 0.15) is 86.7 Å². The number of guanidine groups is 1. The zero-order chi connectivity index (χ0) is 29.9. The lowest BCUT2D eigenvalue weighted by atomic mass is 9.68. The van der Waals surface area contributed by atoms with Crippen LogP contribution in [0.15, 0.2) is 52.6 Å². The molecule has 2 aromatic carbocycles. The smallest absolute Gasteiger partial charge is 0.351 e. The Morgan fingerprint density at radius 3 is 2.27 bits per heavy atom. The summed E-state index contributed by atoms with van der Waals surface area (Å²) in [4.78, 5) is 45.5. The van der Waals surface area contributed by atoms with Crippen molar-refractivity contribution in [3.05, 3.63) is 59.2 Å². The van der Waals surface area contributed by atoms with Crippen molar-refractivity contribution in [2.45, 2.75) is 70.8 Å². The number of aliphatic carboxylic acids is 2. The number of nitrogens with zero attached hydrogens (tertiary/aromatic N) is 2. The molecule has 218 valence electrons. The highest BCUT2D eigenvalue weighted by molar-refractivity contribution is 6.06. The van der Waals surface area contributed by atoms with Crippen LogP contribution >= 0.6 is 0 Å². The van der Waals surface area contributed by atoms with Gasteiger partial charge in [0.1, 0.15) is 5.75 Å². The molecule has 0 spiro atoms. The second kappa shape index (κ2) is 11.6. The molecule has 1 atom stereocenters. The summed E-state index contributed by atoms with van der Waals surface area (Å²) in [5.74, 6) is -2.36. The zero-order valence-electron chi connectivity index (χ0n) is 23.4. The summed E-state index contributed by atoms with van der Waals surface area (Å²) in [6.45, 7) is 6.76. The van der Waals surface area contributed by atoms with E-state index in [2.05, 4.69) is 30.9 Å². The fraction of sp³-hybridized carbons (Fsp3) is 0.433. The van der Waals surface area contributed by atoms with Crippen LogP contribution in [-0.2, 0) is 14.4 Å². The van der Waals surface area contributed by atoms with Crippen molar-refractivity contribution >= 4 is 35.3 Å². The number of carbonyl (C=O) groups excluding carboxylic acids is 1. The Morgan fingerprint density at radius 1 is 1.05 bits per heavy atom. The fourth-order valence-electron chi connectivity index (χ4n) is 5.52. The molecule has 11 nitrogen and oxygen atoms in total. The number of hydrogen-bond donors (Lipinski definition) is 4. The summed E-state index contributed by atoms with van der Waals surface area (Å²) in [5, 5.41) is 23.0. The van der Waals surface area contributed by atoms with Crippen LogP contribution in [0.25, 0.3) is 0 Å². The van der Waals surface area contributed by atoms with E-state index >= 15 is 0 Å². The number of rotatable bonds is 8. The molecule has 1 unspecified atom stereocenters. The first-order valence-electron chi connectivity index (χ1n) is 13.5. The van der Waals surface area contributed by atoms with Crippen LogP contribution in [0.2, 0.25) is 0 Å². The molecule has 6 N–H and O–H groups in total. The molecule has 1 aliphatic heterocycles. The molecule has 0 radical (unpaired) electrons. The maximum Gasteiger partial charge on any atom is 0.351 e. The van der Waals surface area contributed by atoms with Crippen molar-refractivity contribution in [3.63, 3.8) is 0 Å². The van der Waals surface area contributed by atoms with E-state index in [1.165, 1.54) is 0 Å². The van der Waals surface area contributed by atoms with E-state index in [0.29, 0.717) is 17.2 Å². The van der Waals surface area contributed by atoms with Gasteiger partial charge in [0.2, 0.25) is 5.60 Å². The predicted octanol–water partition coefficient (Wildman–Crippen LogP) is 4.55. The Hall–Kier alpha value is -4.41. The van der Waals surface area contributed by atoms with Gasteiger partial charge < -0.3 is 31.3 Å². The third-order valence-corrected chi connectivity index (χ3v) is 7.87. The fourth-order valence-corrected chi connectivity index (χ4v) is 5.52. The Morgan fingerprint density at radius 2 is 1.71 bits per heavy atom. The molecular weight excluding hydrogens is 528 g/mol. The Labute approximate surface area is 238 Å². The first kappa shape index (κ1) is 29.6. The van der Waals surface area contributed by atoms with Crippen LogP contribution in [0, 0.1) is 11.3 Å². The molecule has 2 aliphatic rings. The molecule has 4 rings (SSSR count). The highest BCUT2D eigenvalue weighted by atomic mass is 16.7. The predicted molar refractivity (Wildman–Crippen MR) is 152 cm³/mol. The van der Waals surface area contributed by atoms with Crippen molar-refractivity contribution in [2.24, 2.45) is 32.9 Å². The number of oxime groups is 1. The highest BCUT2D eigenvalue weighted by Crippen LogP contribution is 2.44. The van der Waals surface area contributed by atoms with Gasteiger partial charge in [0.25, 0.3) is 0 Å². The number of ether oxygens (including phenoxy) is 1. The molecule has 41 heavy (non-hydrogen) atoms. The van der Waals surface area contributed by atoms with Gasteiger partial charge >= 0.3 is 17.9 Å². The third kappa shape index (κ3) is 7.03. The van der Waals surface area contributed by atoms with E-state index in [-0.39, 0.29) is 40.7 Å². The Kier molecular flexibility index (Phi) is 8.37. The van der Waals surface area contributed by atoms with Gasteiger partial charge in [0, 0.05) is 12.0 Å². The summed E-state index contributed by atoms with van der Waals surface area (Å²) in [5.41, 5.74) is 11.5. The lowest BCUT2D eigenvalue weighted by Gasteiger charge is -2.37. The van der Waals surface area contributed by atoms with E-state index in [4.69, 9.17) is 21.0 Å². The number of carboxylic acids is 2. The van der Waals surface area contributed by atoms with Gasteiger partial charge in [0.15, 0.2) is 5.96 Å². The lowest BCUT2D eigenvalue weighted by molar-refractivity contribution is -0.169. The second-order valence-corrected chi connectivity index (χ2v) is 11.9. The number of aliphatic imine (C=N–C) groups is 1. The number of carboxylic acid groups (broad SMARTS) is 2. The molecule has 0 saturated heterocycles. The molecule has 0 amide bonds. The van der Waals surface area contributed by atoms with Gasteiger partial charge in [-0.3, -0.25) is 4.79 Å². The molecule has 2 aromatic rings. The van der Waals surface area contributed by atoms with E-state index in [1.54, 1.807) is 30.3 Å². The van der Waals surface area contributed by atoms with Crippen molar-refractivity contribution in [2.75, 3.05) is 0 Å². The van der Waals surface area contributed by atoms with Crippen LogP contribution in [-0.4, -0.2) is 45.4 Å². The summed E-state index contributed by atoms with van der Waals surface area (Å²) < 4.78 is 5.76. The molecular formula is C30H36N4O7. The largest absolute Gasteiger partial charge is 0.481 e. The van der Waals surface area contributed by atoms with E-state index in [1.807, 2.05) is 12.1 Å². The van der Waals surface area contributed by atoms with E-state index < -0.39 is 29.9 Å². The average Bonchev–Trinajstić information content (AvgIpc) is 3.33. The van der Waals surface area contributed by atoms with Crippen molar-refractivity contribution in [1.29, 1.82) is 0 Å². The number of esters is 1. The van der Waals surface area contributed by atoms with Crippen molar-refractivity contribution in [1.82, 2.24) is 0 Å². The van der Waals surface area contributed by atoms with Gasteiger partial charge in [-0.25, -0.2) is 14.6 Å². The zero-order valence-corrected chi connectivity index (χ0v) is 23.4. The second-order valence-electron chi connectivity index (χ2n) is 11.9. The SMILES string of the molecule is CC(C)(C)C1CCC(c2cc(OC(=O)c3ccc(N=C(N)N)cc3)cc(C3=NOC(CC(=O)O)(C(=O)O)C3)c2)CC1. The average molecular weight is 565 g/mol. The number of carbonyl (C=O) groups is 3. The summed E-state index contributed by atoms with van der Waals surface area (Å²) >= 11 is 0. The number of nitrogens with two attached hydrogens (primary N) is 2. The summed E-state index contributed by atoms with van der Waals surface area (Å²) in [7, 11) is 0. The topological polar surface area (TPSA) is 187 Å². The minimum atomic E-state index is -2.00. The van der Waals surface area contributed by atoms with Crippen molar-refractivity contribution in [3.8, 4) is 5.75 Å². The van der Waals surface area contributed by atoms with Gasteiger partial charge in [-0.2, -0.15) is 0 Å². The van der Waals surface area contributed by atoms with Crippen LogP contribution in [0.4, 0.5) is 5.69 Å². The third-order valence-electron chi connectivity index (χ3n) is 7.87. The Balaban J connectivity index is 1.63. The molecule has 0 aromatic heterocycles. The minimum Gasteiger partial charge on any atom is -0.481 e.